The van der Waals surface area contributed by atoms with Crippen LogP contribution in [0.5, 0.6) is 0 Å². The highest BCUT2D eigenvalue weighted by Gasteiger charge is 1.91. The molecule has 5 heteroatoms. The maximum atomic E-state index is 9.93. The predicted molar refractivity (Wildman–Crippen MR) is 32.5 cm³/mol. The second-order valence-electron chi connectivity index (χ2n) is 0.945. The van der Waals surface area contributed by atoms with E-state index in [1.807, 2.05) is 0 Å². The molecule has 0 spiro atoms. The van der Waals surface area contributed by atoms with Crippen LogP contribution < -0.4 is 0 Å². The van der Waals surface area contributed by atoms with Gasteiger partial charge in [-0.25, -0.2) is 8.42 Å². The quantitative estimate of drug-likeness (QED) is 0.383. The van der Waals surface area contributed by atoms with E-state index in [9.17, 15) is 8.42 Å². The van der Waals surface area contributed by atoms with Gasteiger partial charge < -0.3 is 0 Å². The molecule has 0 saturated heterocycles. The summed E-state index contributed by atoms with van der Waals surface area (Å²) >= 11 is 0.726. The van der Waals surface area contributed by atoms with Gasteiger partial charge in [-0.1, -0.05) is 0 Å². The third-order valence-electron chi connectivity index (χ3n) is 0.299. The summed E-state index contributed by atoms with van der Waals surface area (Å²) in [5, 5.41) is 0.987. The molecule has 0 unspecified atom stereocenters. The van der Waals surface area contributed by atoms with E-state index in [1.54, 1.807) is 0 Å². The fourth-order valence-electron chi connectivity index (χ4n) is 0.163. The van der Waals surface area contributed by atoms with Crippen molar-refractivity contribution in [2.24, 2.45) is 0 Å². The molecule has 0 radical (unpaired) electrons. The monoisotopic (exact) mass is 154 g/mol. The summed E-state index contributed by atoms with van der Waals surface area (Å²) in [6.45, 7) is 0. The van der Waals surface area contributed by atoms with Gasteiger partial charge in [-0.3, -0.25) is 0 Å². The minimum atomic E-state index is -3.35. The van der Waals surface area contributed by atoms with Gasteiger partial charge in [0.2, 0.25) is 16.3 Å². The molecule has 0 fully saturated rings. The van der Waals surface area contributed by atoms with Crippen molar-refractivity contribution in [3.8, 4) is 0 Å². The second-order valence-corrected chi connectivity index (χ2v) is 4.13. The van der Waals surface area contributed by atoms with Crippen LogP contribution in [-0.4, -0.2) is 24.7 Å². The standard InChI is InChI=1S/C2H2ClO2S.Al.2H/c1-2-6(3,4)5;;;/h1-2H;;;. The van der Waals surface area contributed by atoms with Crippen LogP contribution in [0.2, 0.25) is 0 Å². The van der Waals surface area contributed by atoms with Crippen LogP contribution in [0.15, 0.2) is 10.3 Å². The molecule has 0 N–H and O–H groups in total. The Hall–Kier alpha value is 0.512. The van der Waals surface area contributed by atoms with Crippen LogP contribution in [0.4, 0.5) is 0 Å². The average Bonchev–Trinajstić information content (AvgIpc) is 1.30. The smallest absolute Gasteiger partial charge is 0.208 e. The van der Waals surface area contributed by atoms with E-state index in [2.05, 4.69) is 0 Å². The van der Waals surface area contributed by atoms with Crippen molar-refractivity contribution < 1.29 is 8.42 Å². The van der Waals surface area contributed by atoms with E-state index in [0.29, 0.717) is 0 Å². The third kappa shape index (κ3) is 6.51. The molecule has 0 rings (SSSR count). The van der Waals surface area contributed by atoms with Gasteiger partial charge in [0.15, 0.2) is 0 Å². The van der Waals surface area contributed by atoms with Gasteiger partial charge in [-0.15, -0.1) is 4.94 Å². The highest BCUT2D eigenvalue weighted by atomic mass is 35.7. The van der Waals surface area contributed by atoms with Gasteiger partial charge >= 0.3 is 0 Å². The number of hydrogen-bond acceptors (Lipinski definition) is 2. The topological polar surface area (TPSA) is 34.1 Å². The van der Waals surface area contributed by atoms with E-state index in [0.717, 1.165) is 21.7 Å². The molecule has 0 amide bonds. The Balaban J connectivity index is 4.13. The molecular weight excluding hydrogens is 151 g/mol. The molecule has 0 aromatic carbocycles. The lowest BCUT2D eigenvalue weighted by atomic mass is 11.2. The Morgan fingerprint density at radius 1 is 1.57 bits per heavy atom. The molecule has 0 aliphatic rings. The Bertz CT molecular complexity index is 159. The first-order valence-electron chi connectivity index (χ1n) is 1.63. The fourth-order valence-corrected chi connectivity index (χ4v) is 2.39. The van der Waals surface area contributed by atoms with Crippen molar-refractivity contribution in [2.45, 2.75) is 0 Å². The molecule has 0 aliphatic carbocycles. The van der Waals surface area contributed by atoms with Crippen LogP contribution in [-0.2, 0) is 9.05 Å². The molecule has 0 aromatic heterocycles. The van der Waals surface area contributed by atoms with Gasteiger partial charge in [0.05, 0.1) is 0 Å². The molecule has 0 aliphatic heterocycles. The third-order valence-corrected chi connectivity index (χ3v) is 2.02. The van der Waals surface area contributed by atoms with Crippen LogP contribution in [0, 0.1) is 0 Å². The molecule has 0 aromatic rings. The number of hydrogen-bond donors (Lipinski definition) is 0. The van der Waals surface area contributed by atoms with E-state index >= 15 is 0 Å². The SMILES string of the molecule is O=S(=O)(Cl)/C=[CH]/[AlH2]. The maximum Gasteiger partial charge on any atom is 0.252 e. The fraction of sp³-hybridized carbons (Fsp3) is 0. The summed E-state index contributed by atoms with van der Waals surface area (Å²) in [5.41, 5.74) is 0. The van der Waals surface area contributed by atoms with Gasteiger partial charge in [-0.2, -0.15) is 0 Å². The van der Waals surface area contributed by atoms with Crippen LogP contribution in [0.1, 0.15) is 0 Å². The first-order chi connectivity index (χ1) is 3.06. The van der Waals surface area contributed by atoms with Gasteiger partial charge in [0.1, 0.15) is 0 Å². The van der Waals surface area contributed by atoms with E-state index in [-0.39, 0.29) is 0 Å². The Morgan fingerprint density at radius 3 is 2.00 bits per heavy atom. The van der Waals surface area contributed by atoms with Crippen molar-refractivity contribution in [3.63, 3.8) is 0 Å². The predicted octanol–water partition coefficient (Wildman–Crippen LogP) is -0.341. The molecule has 0 heterocycles. The zero-order chi connectivity index (χ0) is 5.91. The van der Waals surface area contributed by atoms with Crippen molar-refractivity contribution in [3.05, 3.63) is 10.3 Å². The second kappa shape index (κ2) is 2.73. The Kier molecular flexibility index (Phi) is 2.93. The summed E-state index contributed by atoms with van der Waals surface area (Å²) in [5.74, 6) is 0. The Labute approximate surface area is 55.0 Å². The van der Waals surface area contributed by atoms with Crippen LogP contribution >= 0.6 is 10.7 Å². The van der Waals surface area contributed by atoms with Crippen molar-refractivity contribution >= 4 is 36.0 Å². The van der Waals surface area contributed by atoms with Gasteiger partial charge in [0, 0.05) is 16.1 Å². The maximum absolute atomic E-state index is 9.93. The summed E-state index contributed by atoms with van der Waals surface area (Å²) in [7, 11) is 1.39. The van der Waals surface area contributed by atoms with E-state index in [1.165, 1.54) is 4.94 Å². The summed E-state index contributed by atoms with van der Waals surface area (Å²) in [4.78, 5) is 1.50. The first-order valence-corrected chi connectivity index (χ1v) is 5.16. The van der Waals surface area contributed by atoms with E-state index in [4.69, 9.17) is 10.7 Å². The Morgan fingerprint density at radius 2 is 2.00 bits per heavy atom. The summed E-state index contributed by atoms with van der Waals surface area (Å²) in [6.07, 6.45) is 0. The zero-order valence-electron chi connectivity index (χ0n) is 3.76. The molecule has 2 nitrogen and oxygen atoms in total. The minimum Gasteiger partial charge on any atom is -0.208 e. The first kappa shape index (κ1) is 7.51. The molecule has 7 heavy (non-hydrogen) atoms. The minimum absolute atomic E-state index is 0.726. The molecule has 40 valence electrons. The van der Waals surface area contributed by atoms with Gasteiger partial charge in [-0.05, 0) is 0 Å². The van der Waals surface area contributed by atoms with Crippen molar-refractivity contribution in [1.82, 2.24) is 0 Å². The van der Waals surface area contributed by atoms with Gasteiger partial charge in [0.25, 0.3) is 9.05 Å². The lowest BCUT2D eigenvalue weighted by Crippen LogP contribution is -1.77. The zero-order valence-corrected chi connectivity index (χ0v) is 7.33. The number of rotatable bonds is 1. The molecule has 0 atom stereocenters. The lowest BCUT2D eigenvalue weighted by Gasteiger charge is -1.74. The van der Waals surface area contributed by atoms with Crippen molar-refractivity contribution in [2.75, 3.05) is 0 Å². The van der Waals surface area contributed by atoms with Crippen LogP contribution in [0.25, 0.3) is 0 Å². The summed E-state index contributed by atoms with van der Waals surface area (Å²) < 4.78 is 19.9. The van der Waals surface area contributed by atoms with Crippen molar-refractivity contribution in [1.29, 1.82) is 0 Å². The normalized spacial score (nSPS) is 12.7. The summed E-state index contributed by atoms with van der Waals surface area (Å²) in [6, 6.07) is 0. The molecule has 0 saturated carbocycles. The van der Waals surface area contributed by atoms with Crippen LogP contribution in [0.3, 0.4) is 0 Å². The number of halogens is 1. The highest BCUT2D eigenvalue weighted by molar-refractivity contribution is 8.16. The average molecular weight is 155 g/mol. The highest BCUT2D eigenvalue weighted by Crippen LogP contribution is 1.94. The lowest BCUT2D eigenvalue weighted by molar-refractivity contribution is 0.617. The molecular formula is C2H4AlClO2S. The molecule has 0 bridgehead atoms. The largest absolute Gasteiger partial charge is 0.252 e. The van der Waals surface area contributed by atoms with E-state index < -0.39 is 9.05 Å².